The number of carbonyl (C=O) groups excluding carboxylic acids is 1. The van der Waals surface area contributed by atoms with Crippen LogP contribution in [0.3, 0.4) is 0 Å². The second-order valence-corrected chi connectivity index (χ2v) is 20.0. The van der Waals surface area contributed by atoms with E-state index in [1.165, 1.54) is 167 Å². The lowest BCUT2D eigenvalue weighted by Crippen LogP contribution is -2.37. The van der Waals surface area contributed by atoms with Crippen LogP contribution < -0.4 is 0 Å². The van der Waals surface area contributed by atoms with E-state index in [0.717, 1.165) is 44.9 Å². The second-order valence-electron chi connectivity index (χ2n) is 18.5. The van der Waals surface area contributed by atoms with Crippen molar-refractivity contribution in [2.75, 3.05) is 54.1 Å². The number of esters is 1. The minimum absolute atomic E-state index is 0.0869. The van der Waals surface area contributed by atoms with Crippen LogP contribution in [0.1, 0.15) is 232 Å². The smallest absolute Gasteiger partial charge is 0.457 e. The zero-order chi connectivity index (χ0) is 44.8. The summed E-state index contributed by atoms with van der Waals surface area (Å²) in [6.45, 7) is 5.57. The van der Waals surface area contributed by atoms with Crippen LogP contribution in [0.2, 0.25) is 0 Å². The molecule has 61 heavy (non-hydrogen) atoms. The molecule has 0 saturated heterocycles. The number of quaternary nitrogens is 1. The number of nitrogens with zero attached hydrogens (tertiary/aromatic N) is 1. The standard InChI is InChI=1S/C52H100NO7P/c1-6-8-10-12-14-16-18-20-22-23-24-25-26-27-28-29-30-31-32-33-35-37-39-41-43-45-52(54)60-51(50-59-61(55,56)58-48-46-53(3,4)5)49-57-47-44-42-40-38-36-34-21-19-17-15-13-11-9-7-2/h11,13,17,19,23-24,51H,6-10,12,14-16,18,20-22,25-50H2,1-5H3/p+1/b13-11-,19-17-,24-23-. The van der Waals surface area contributed by atoms with Crippen molar-refractivity contribution in [2.45, 2.75) is 238 Å². The fourth-order valence-electron chi connectivity index (χ4n) is 7.18. The normalized spacial score (nSPS) is 13.9. The fourth-order valence-corrected chi connectivity index (χ4v) is 7.92. The molecule has 8 nitrogen and oxygen atoms in total. The molecular weight excluding hydrogens is 782 g/mol. The van der Waals surface area contributed by atoms with Gasteiger partial charge in [0.2, 0.25) is 0 Å². The summed E-state index contributed by atoms with van der Waals surface area (Å²) < 4.78 is 35.1. The second kappa shape index (κ2) is 45.3. The summed E-state index contributed by atoms with van der Waals surface area (Å²) in [5, 5.41) is 0. The highest BCUT2D eigenvalue weighted by molar-refractivity contribution is 7.47. The molecule has 0 aromatic rings. The Morgan fingerprint density at radius 1 is 0.508 bits per heavy atom. The van der Waals surface area contributed by atoms with Crippen molar-refractivity contribution in [3.8, 4) is 0 Å². The van der Waals surface area contributed by atoms with Crippen molar-refractivity contribution < 1.29 is 37.3 Å². The third-order valence-corrected chi connectivity index (χ3v) is 12.1. The van der Waals surface area contributed by atoms with Crippen molar-refractivity contribution in [1.29, 1.82) is 0 Å². The van der Waals surface area contributed by atoms with Gasteiger partial charge in [0.15, 0.2) is 0 Å². The highest BCUT2D eigenvalue weighted by Crippen LogP contribution is 2.43. The first kappa shape index (κ1) is 59.7. The predicted octanol–water partition coefficient (Wildman–Crippen LogP) is 15.7. The third kappa shape index (κ3) is 49.6. The van der Waals surface area contributed by atoms with Crippen molar-refractivity contribution in [3.63, 3.8) is 0 Å². The van der Waals surface area contributed by atoms with Crippen molar-refractivity contribution >= 4 is 13.8 Å². The number of phosphoric acid groups is 1. The molecule has 0 aliphatic rings. The van der Waals surface area contributed by atoms with E-state index in [1.807, 2.05) is 21.1 Å². The molecule has 0 fully saturated rings. The SMILES string of the molecule is CCC/C=C\C/C=C\CCCCCCCCOCC(COP(=O)(O)OCC[N+](C)(C)C)OC(=O)CCCCCCCCCCCCCCC/C=C\CCCCCCCCCC. The van der Waals surface area contributed by atoms with Crippen molar-refractivity contribution in [1.82, 2.24) is 0 Å². The number of ether oxygens (including phenoxy) is 2. The quantitative estimate of drug-likeness (QED) is 0.0214. The maximum atomic E-state index is 12.8. The summed E-state index contributed by atoms with van der Waals surface area (Å²) in [4.78, 5) is 23.0. The van der Waals surface area contributed by atoms with E-state index in [4.69, 9.17) is 18.5 Å². The first-order valence-electron chi connectivity index (χ1n) is 25.7. The molecule has 0 spiro atoms. The average Bonchev–Trinajstić information content (AvgIpc) is 3.22. The summed E-state index contributed by atoms with van der Waals surface area (Å²) in [5.41, 5.74) is 0. The van der Waals surface area contributed by atoms with Crippen LogP contribution in [0.5, 0.6) is 0 Å². The van der Waals surface area contributed by atoms with Crippen LogP contribution in [0.4, 0.5) is 0 Å². The molecule has 0 bridgehead atoms. The molecule has 1 N–H and O–H groups in total. The summed E-state index contributed by atoms with van der Waals surface area (Å²) in [7, 11) is 1.66. The first-order valence-corrected chi connectivity index (χ1v) is 27.2. The van der Waals surface area contributed by atoms with E-state index in [2.05, 4.69) is 50.3 Å². The maximum Gasteiger partial charge on any atom is 0.472 e. The van der Waals surface area contributed by atoms with Gasteiger partial charge in [-0.3, -0.25) is 13.8 Å². The Hall–Kier alpha value is -1.28. The highest BCUT2D eigenvalue weighted by atomic mass is 31.2. The monoisotopic (exact) mass is 883 g/mol. The number of allylic oxidation sites excluding steroid dienone is 6. The Labute approximate surface area is 378 Å². The molecule has 0 aromatic heterocycles. The lowest BCUT2D eigenvalue weighted by atomic mass is 10.0. The highest BCUT2D eigenvalue weighted by Gasteiger charge is 2.26. The largest absolute Gasteiger partial charge is 0.472 e. The molecule has 0 aromatic carbocycles. The number of likely N-dealkylation sites (N-methyl/N-ethyl adjacent to an activating group) is 1. The minimum atomic E-state index is -4.28. The van der Waals surface area contributed by atoms with Crippen LogP contribution in [-0.2, 0) is 27.9 Å². The summed E-state index contributed by atoms with van der Waals surface area (Å²) in [6, 6.07) is 0. The van der Waals surface area contributed by atoms with Crippen LogP contribution in [0, 0.1) is 0 Å². The van der Waals surface area contributed by atoms with Crippen LogP contribution in [0.25, 0.3) is 0 Å². The van der Waals surface area contributed by atoms with Gasteiger partial charge in [0, 0.05) is 13.0 Å². The van der Waals surface area contributed by atoms with Gasteiger partial charge in [0.1, 0.15) is 19.3 Å². The molecule has 2 atom stereocenters. The number of carbonyl (C=O) groups is 1. The minimum Gasteiger partial charge on any atom is -0.457 e. The fraction of sp³-hybridized carbons (Fsp3) is 0.865. The van der Waals surface area contributed by atoms with Gasteiger partial charge in [-0.2, -0.15) is 0 Å². The first-order chi connectivity index (χ1) is 29.6. The molecule has 2 unspecified atom stereocenters. The lowest BCUT2D eigenvalue weighted by molar-refractivity contribution is -0.870. The van der Waals surface area contributed by atoms with E-state index in [1.54, 1.807) is 0 Å². The van der Waals surface area contributed by atoms with Gasteiger partial charge >= 0.3 is 13.8 Å². The molecular formula is C52H101NO7P+. The Morgan fingerprint density at radius 2 is 0.934 bits per heavy atom. The van der Waals surface area contributed by atoms with E-state index >= 15 is 0 Å². The molecule has 9 heteroatoms. The molecule has 0 amide bonds. The Kier molecular flexibility index (Phi) is 44.3. The topological polar surface area (TPSA) is 91.3 Å². The Balaban J connectivity index is 4.06. The number of hydrogen-bond donors (Lipinski definition) is 1. The number of phosphoric ester groups is 1. The summed E-state index contributed by atoms with van der Waals surface area (Å²) >= 11 is 0. The predicted molar refractivity (Wildman–Crippen MR) is 261 cm³/mol. The van der Waals surface area contributed by atoms with Gasteiger partial charge in [-0.1, -0.05) is 198 Å². The average molecular weight is 883 g/mol. The number of unbranched alkanes of at least 4 members (excludes halogenated alkanes) is 28. The van der Waals surface area contributed by atoms with E-state index in [9.17, 15) is 14.3 Å². The Bertz CT molecular complexity index is 1070. The van der Waals surface area contributed by atoms with Crippen molar-refractivity contribution in [3.05, 3.63) is 36.5 Å². The van der Waals surface area contributed by atoms with Gasteiger partial charge in [-0.25, -0.2) is 4.57 Å². The molecule has 0 saturated carbocycles. The van der Waals surface area contributed by atoms with Gasteiger partial charge in [0.05, 0.1) is 34.4 Å². The molecule has 0 heterocycles. The molecule has 360 valence electrons. The zero-order valence-electron chi connectivity index (χ0n) is 40.9. The van der Waals surface area contributed by atoms with E-state index < -0.39 is 13.9 Å². The van der Waals surface area contributed by atoms with Gasteiger partial charge in [-0.15, -0.1) is 0 Å². The van der Waals surface area contributed by atoms with Gasteiger partial charge in [0.25, 0.3) is 0 Å². The number of rotatable bonds is 48. The van der Waals surface area contributed by atoms with Crippen LogP contribution >= 0.6 is 7.82 Å². The Morgan fingerprint density at radius 3 is 1.41 bits per heavy atom. The van der Waals surface area contributed by atoms with E-state index in [0.29, 0.717) is 24.1 Å². The molecule has 0 aliphatic carbocycles. The van der Waals surface area contributed by atoms with Crippen molar-refractivity contribution in [2.24, 2.45) is 0 Å². The lowest BCUT2D eigenvalue weighted by Gasteiger charge is -2.24. The van der Waals surface area contributed by atoms with Gasteiger partial charge < -0.3 is 18.9 Å². The van der Waals surface area contributed by atoms with Crippen LogP contribution in [-0.4, -0.2) is 75.6 Å². The van der Waals surface area contributed by atoms with Crippen LogP contribution in [0.15, 0.2) is 36.5 Å². The third-order valence-electron chi connectivity index (χ3n) is 11.2. The maximum absolute atomic E-state index is 12.8. The van der Waals surface area contributed by atoms with E-state index in [-0.39, 0.29) is 25.8 Å². The molecule has 0 radical (unpaired) electrons. The number of hydrogen-bond acceptors (Lipinski definition) is 6. The summed E-state index contributed by atoms with van der Waals surface area (Å²) in [5.74, 6) is -0.315. The molecule has 0 aliphatic heterocycles. The zero-order valence-corrected chi connectivity index (χ0v) is 41.8. The summed E-state index contributed by atoms with van der Waals surface area (Å²) in [6.07, 6.45) is 54.8. The van der Waals surface area contributed by atoms with Gasteiger partial charge in [-0.05, 0) is 64.2 Å². The molecule has 0 rings (SSSR count).